The summed E-state index contributed by atoms with van der Waals surface area (Å²) >= 11 is 0. The molecule has 1 fully saturated rings. The highest BCUT2D eigenvalue weighted by molar-refractivity contribution is 6.06. The van der Waals surface area contributed by atoms with E-state index in [2.05, 4.69) is 30.1 Å². The Labute approximate surface area is 184 Å². The van der Waals surface area contributed by atoms with Gasteiger partial charge in [-0.1, -0.05) is 18.2 Å². The Morgan fingerprint density at radius 3 is 2.26 bits per heavy atom. The van der Waals surface area contributed by atoms with Crippen LogP contribution in [0.3, 0.4) is 0 Å². The minimum atomic E-state index is -0.177. The second-order valence-electron chi connectivity index (χ2n) is 8.31. The predicted molar refractivity (Wildman–Crippen MR) is 123 cm³/mol. The zero-order valence-corrected chi connectivity index (χ0v) is 18.5. The normalized spacial score (nSPS) is 16.9. The summed E-state index contributed by atoms with van der Waals surface area (Å²) in [5.74, 6) is -0.177. The molecule has 4 rings (SSSR count). The number of carbonyl (C=O) groups excluding carboxylic acids is 2. The van der Waals surface area contributed by atoms with Crippen molar-refractivity contribution in [3.8, 4) is 0 Å². The Kier molecular flexibility index (Phi) is 6.56. The number of hydrogen-bond acceptors (Lipinski definition) is 4. The average molecular weight is 422 g/mol. The van der Waals surface area contributed by atoms with E-state index in [9.17, 15) is 9.59 Å². The standard InChI is InChI=1S/C25H31N3O3/c1-3-31-24(29)11-6-19-4-8-22(9-5-19)27-16-17-28(25(27)30)23-10-7-20-12-14-26(2)15-13-21(20)18-23/h4-5,7-10,18H,3,6,11-17H2,1-2H3. The Balaban J connectivity index is 1.42. The summed E-state index contributed by atoms with van der Waals surface area (Å²) in [5, 5.41) is 0. The molecule has 2 amide bonds. The van der Waals surface area contributed by atoms with Crippen molar-refractivity contribution in [1.82, 2.24) is 4.90 Å². The van der Waals surface area contributed by atoms with E-state index in [1.165, 1.54) is 11.1 Å². The van der Waals surface area contributed by atoms with Crippen molar-refractivity contribution in [3.05, 3.63) is 59.2 Å². The number of anilines is 2. The molecular weight excluding hydrogens is 390 g/mol. The number of esters is 1. The summed E-state index contributed by atoms with van der Waals surface area (Å²) in [6.07, 6.45) is 3.11. The van der Waals surface area contributed by atoms with E-state index in [4.69, 9.17) is 4.74 Å². The summed E-state index contributed by atoms with van der Waals surface area (Å²) in [5.41, 5.74) is 5.70. The molecule has 0 aliphatic carbocycles. The predicted octanol–water partition coefficient (Wildman–Crippen LogP) is 3.66. The van der Waals surface area contributed by atoms with Crippen LogP contribution in [0, 0.1) is 0 Å². The molecule has 2 aliphatic heterocycles. The van der Waals surface area contributed by atoms with Crippen LogP contribution >= 0.6 is 0 Å². The van der Waals surface area contributed by atoms with Crippen molar-refractivity contribution in [2.75, 3.05) is 49.6 Å². The summed E-state index contributed by atoms with van der Waals surface area (Å²) in [7, 11) is 2.16. The lowest BCUT2D eigenvalue weighted by molar-refractivity contribution is -0.143. The van der Waals surface area contributed by atoms with Crippen LogP contribution < -0.4 is 9.80 Å². The van der Waals surface area contributed by atoms with Crippen molar-refractivity contribution in [2.24, 2.45) is 0 Å². The number of hydrogen-bond donors (Lipinski definition) is 0. The van der Waals surface area contributed by atoms with E-state index in [0.717, 1.165) is 42.9 Å². The van der Waals surface area contributed by atoms with Crippen molar-refractivity contribution >= 4 is 23.4 Å². The Bertz CT molecular complexity index is 942. The summed E-state index contributed by atoms with van der Waals surface area (Å²) < 4.78 is 4.98. The van der Waals surface area contributed by atoms with Gasteiger partial charge >= 0.3 is 12.0 Å². The van der Waals surface area contributed by atoms with Gasteiger partial charge in [-0.3, -0.25) is 14.6 Å². The lowest BCUT2D eigenvalue weighted by Gasteiger charge is -2.20. The minimum absolute atomic E-state index is 0.0185. The van der Waals surface area contributed by atoms with Gasteiger partial charge in [-0.05, 0) is 74.2 Å². The fourth-order valence-corrected chi connectivity index (χ4v) is 4.33. The van der Waals surface area contributed by atoms with Gasteiger partial charge in [-0.2, -0.15) is 0 Å². The summed E-state index contributed by atoms with van der Waals surface area (Å²) in [6, 6.07) is 14.4. The number of amides is 2. The van der Waals surface area contributed by atoms with Crippen molar-refractivity contribution < 1.29 is 14.3 Å². The Hall–Kier alpha value is -2.86. The maximum Gasteiger partial charge on any atom is 0.329 e. The number of benzene rings is 2. The molecule has 0 atom stereocenters. The van der Waals surface area contributed by atoms with Crippen LogP contribution in [0.4, 0.5) is 16.2 Å². The van der Waals surface area contributed by atoms with Crippen LogP contribution in [0.5, 0.6) is 0 Å². The molecule has 0 radical (unpaired) electrons. The lowest BCUT2D eigenvalue weighted by Crippen LogP contribution is -2.31. The molecule has 6 heteroatoms. The molecule has 2 aliphatic rings. The molecule has 2 aromatic rings. The van der Waals surface area contributed by atoms with E-state index in [1.54, 1.807) is 0 Å². The highest BCUT2D eigenvalue weighted by Gasteiger charge is 2.31. The topological polar surface area (TPSA) is 53.1 Å². The smallest absolute Gasteiger partial charge is 0.329 e. The van der Waals surface area contributed by atoms with E-state index < -0.39 is 0 Å². The quantitative estimate of drug-likeness (QED) is 0.668. The maximum absolute atomic E-state index is 13.1. The molecule has 0 unspecified atom stereocenters. The van der Waals surface area contributed by atoms with E-state index in [0.29, 0.717) is 32.5 Å². The molecule has 0 bridgehead atoms. The molecule has 0 aromatic heterocycles. The zero-order valence-electron chi connectivity index (χ0n) is 18.5. The van der Waals surface area contributed by atoms with Gasteiger partial charge in [0.1, 0.15) is 0 Å². The van der Waals surface area contributed by atoms with Crippen LogP contribution in [0.25, 0.3) is 0 Å². The summed E-state index contributed by atoms with van der Waals surface area (Å²) in [4.78, 5) is 30.8. The summed E-state index contributed by atoms with van der Waals surface area (Å²) in [6.45, 7) is 5.71. The molecule has 164 valence electrons. The van der Waals surface area contributed by atoms with Crippen LogP contribution in [0.1, 0.15) is 30.0 Å². The first kappa shape index (κ1) is 21.4. The van der Waals surface area contributed by atoms with Gasteiger partial charge in [0.05, 0.1) is 6.61 Å². The molecule has 31 heavy (non-hydrogen) atoms. The second-order valence-corrected chi connectivity index (χ2v) is 8.31. The fourth-order valence-electron chi connectivity index (χ4n) is 4.33. The molecule has 1 saturated heterocycles. The van der Waals surface area contributed by atoms with Gasteiger partial charge in [0.25, 0.3) is 0 Å². The molecule has 0 N–H and O–H groups in total. The molecule has 0 spiro atoms. The largest absolute Gasteiger partial charge is 0.466 e. The van der Waals surface area contributed by atoms with Crippen molar-refractivity contribution in [3.63, 3.8) is 0 Å². The maximum atomic E-state index is 13.1. The highest BCUT2D eigenvalue weighted by Crippen LogP contribution is 2.28. The Morgan fingerprint density at radius 1 is 0.903 bits per heavy atom. The molecule has 2 heterocycles. The highest BCUT2D eigenvalue weighted by atomic mass is 16.5. The van der Waals surface area contributed by atoms with Crippen molar-refractivity contribution in [2.45, 2.75) is 32.6 Å². The van der Waals surface area contributed by atoms with Crippen LogP contribution in [-0.4, -0.2) is 56.7 Å². The SMILES string of the molecule is CCOC(=O)CCc1ccc(N2CCN(c3ccc4c(c3)CCN(C)CC4)C2=O)cc1. The first-order valence-electron chi connectivity index (χ1n) is 11.2. The number of ether oxygens (including phenoxy) is 1. The zero-order chi connectivity index (χ0) is 21.8. The number of rotatable bonds is 6. The van der Waals surface area contributed by atoms with Gasteiger partial charge in [-0.15, -0.1) is 0 Å². The van der Waals surface area contributed by atoms with Crippen LogP contribution in [0.15, 0.2) is 42.5 Å². The van der Waals surface area contributed by atoms with E-state index in [-0.39, 0.29) is 12.0 Å². The monoisotopic (exact) mass is 421 g/mol. The third kappa shape index (κ3) is 4.90. The lowest BCUT2D eigenvalue weighted by atomic mass is 10.0. The van der Waals surface area contributed by atoms with Crippen LogP contribution in [0.2, 0.25) is 0 Å². The first-order valence-corrected chi connectivity index (χ1v) is 11.2. The number of likely N-dealkylation sites (N-methyl/N-ethyl adjacent to an activating group) is 1. The van der Waals surface area contributed by atoms with E-state index >= 15 is 0 Å². The Morgan fingerprint density at radius 2 is 1.55 bits per heavy atom. The third-order valence-electron chi connectivity index (χ3n) is 6.21. The average Bonchev–Trinajstić information content (AvgIpc) is 3.06. The first-order chi connectivity index (χ1) is 15.0. The van der Waals surface area contributed by atoms with Crippen molar-refractivity contribution in [1.29, 1.82) is 0 Å². The fraction of sp³-hybridized carbons (Fsp3) is 0.440. The van der Waals surface area contributed by atoms with Gasteiger partial charge in [0.2, 0.25) is 0 Å². The van der Waals surface area contributed by atoms with Gasteiger partial charge in [0.15, 0.2) is 0 Å². The molecule has 2 aromatic carbocycles. The molecule has 0 saturated carbocycles. The number of carbonyl (C=O) groups is 2. The van der Waals surface area contributed by atoms with Gasteiger partial charge in [-0.25, -0.2) is 4.79 Å². The molecule has 6 nitrogen and oxygen atoms in total. The molecular formula is C25H31N3O3. The van der Waals surface area contributed by atoms with Gasteiger partial charge < -0.3 is 9.64 Å². The second kappa shape index (κ2) is 9.52. The third-order valence-corrected chi connectivity index (χ3v) is 6.21. The van der Waals surface area contributed by atoms with Gasteiger partial charge in [0, 0.05) is 44.0 Å². The number of fused-ring (bicyclic) bond motifs is 1. The number of aryl methyl sites for hydroxylation is 1. The number of nitrogens with zero attached hydrogens (tertiary/aromatic N) is 3. The van der Waals surface area contributed by atoms with Crippen LogP contribution in [-0.2, 0) is 28.8 Å². The number of urea groups is 1. The van der Waals surface area contributed by atoms with E-state index in [1.807, 2.05) is 41.0 Å². The minimum Gasteiger partial charge on any atom is -0.466 e.